The van der Waals surface area contributed by atoms with E-state index in [0.717, 1.165) is 0 Å². The minimum Gasteiger partial charge on any atom is -0.323 e. The Balaban J connectivity index is 1.66. The van der Waals surface area contributed by atoms with Crippen molar-refractivity contribution in [1.82, 2.24) is 0 Å². The Morgan fingerprint density at radius 2 is 1.85 bits per heavy atom. The number of hydrogen-bond acceptors (Lipinski definition) is 3. The quantitative estimate of drug-likeness (QED) is 0.768. The molecule has 0 saturated carbocycles. The van der Waals surface area contributed by atoms with Crippen molar-refractivity contribution in [3.8, 4) is 0 Å². The normalized spacial score (nSPS) is 16.2. The van der Waals surface area contributed by atoms with Gasteiger partial charge in [-0.05, 0) is 60.5 Å². The Hall–Kier alpha value is -2.02. The van der Waals surface area contributed by atoms with Crippen LogP contribution in [0.5, 0.6) is 0 Å². The molecule has 2 aromatic rings. The van der Waals surface area contributed by atoms with Gasteiger partial charge in [0.1, 0.15) is 0 Å². The summed E-state index contributed by atoms with van der Waals surface area (Å²) in [6.07, 6.45) is 3.56. The first kappa shape index (κ1) is 18.8. The van der Waals surface area contributed by atoms with Crippen molar-refractivity contribution in [3.05, 3.63) is 64.1 Å². The Morgan fingerprint density at radius 3 is 2.50 bits per heavy atom. The third-order valence-corrected chi connectivity index (χ3v) is 6.34. The molecule has 1 aliphatic heterocycles. The molecule has 0 aliphatic carbocycles. The largest absolute Gasteiger partial charge is 0.323 e. The predicted octanol–water partition coefficient (Wildman–Crippen LogP) is 4.19. The highest BCUT2D eigenvalue weighted by Crippen LogP contribution is 2.25. The lowest BCUT2D eigenvalue weighted by Crippen LogP contribution is -2.24. The van der Waals surface area contributed by atoms with Gasteiger partial charge in [-0.15, -0.1) is 0 Å². The molecule has 1 aliphatic rings. The molecule has 136 valence electrons. The smallest absolute Gasteiger partial charge is 0.248 e. The molecule has 0 unspecified atom stereocenters. The second-order valence-corrected chi connectivity index (χ2v) is 8.63. The van der Waals surface area contributed by atoms with Crippen molar-refractivity contribution in [2.45, 2.75) is 6.42 Å². The van der Waals surface area contributed by atoms with Crippen molar-refractivity contribution in [3.63, 3.8) is 0 Å². The average molecular weight is 411 g/mol. The van der Waals surface area contributed by atoms with Crippen molar-refractivity contribution in [1.29, 1.82) is 0 Å². The van der Waals surface area contributed by atoms with Gasteiger partial charge in [-0.25, -0.2) is 8.42 Å². The van der Waals surface area contributed by atoms with Gasteiger partial charge in [0.15, 0.2) is 0 Å². The maximum Gasteiger partial charge on any atom is 0.248 e. The van der Waals surface area contributed by atoms with E-state index in [2.05, 4.69) is 5.32 Å². The topological polar surface area (TPSA) is 66.5 Å². The molecule has 5 nitrogen and oxygen atoms in total. The number of carbonyl (C=O) groups excluding carboxylic acids is 1. The molecule has 1 fully saturated rings. The van der Waals surface area contributed by atoms with Crippen molar-refractivity contribution in [2.24, 2.45) is 0 Å². The van der Waals surface area contributed by atoms with E-state index in [-0.39, 0.29) is 11.7 Å². The summed E-state index contributed by atoms with van der Waals surface area (Å²) in [4.78, 5) is 12.0. The number of sulfonamides is 1. The number of nitrogens with zero attached hydrogens (tertiary/aromatic N) is 1. The maximum absolute atomic E-state index is 12.0. The summed E-state index contributed by atoms with van der Waals surface area (Å²) in [5.74, 6) is -0.162. The van der Waals surface area contributed by atoms with E-state index >= 15 is 0 Å². The van der Waals surface area contributed by atoms with Crippen LogP contribution in [0.2, 0.25) is 10.0 Å². The second kappa shape index (κ2) is 7.70. The Labute approximate surface area is 162 Å². The van der Waals surface area contributed by atoms with Crippen LogP contribution in [0.25, 0.3) is 6.08 Å². The summed E-state index contributed by atoms with van der Waals surface area (Å²) in [6, 6.07) is 11.7. The van der Waals surface area contributed by atoms with Gasteiger partial charge in [-0.1, -0.05) is 23.2 Å². The second-order valence-electron chi connectivity index (χ2n) is 5.78. The van der Waals surface area contributed by atoms with Crippen LogP contribution >= 0.6 is 23.2 Å². The standard InChI is InChI=1S/C18H16Cl2N2O3S/c19-14-3-8-17(20)13(12-14)2-9-18(23)21-15-4-6-16(7-5-15)22-10-1-11-26(22,24)25/h2-9,12H,1,10-11H2,(H,21,23)/b9-2+. The molecule has 1 heterocycles. The molecule has 0 atom stereocenters. The molecule has 8 heteroatoms. The van der Waals surface area contributed by atoms with Crippen LogP contribution in [0.1, 0.15) is 12.0 Å². The van der Waals surface area contributed by atoms with E-state index < -0.39 is 10.0 Å². The fourth-order valence-electron chi connectivity index (χ4n) is 2.63. The number of carbonyl (C=O) groups is 1. The molecule has 0 radical (unpaired) electrons. The first-order valence-corrected chi connectivity index (χ1v) is 10.3. The first-order chi connectivity index (χ1) is 12.3. The van der Waals surface area contributed by atoms with E-state index in [4.69, 9.17) is 23.2 Å². The van der Waals surface area contributed by atoms with Gasteiger partial charge in [0.2, 0.25) is 15.9 Å². The minimum atomic E-state index is -3.21. The van der Waals surface area contributed by atoms with Gasteiger partial charge >= 0.3 is 0 Å². The van der Waals surface area contributed by atoms with Crippen molar-refractivity contribution in [2.75, 3.05) is 21.9 Å². The van der Waals surface area contributed by atoms with Crippen LogP contribution in [0.3, 0.4) is 0 Å². The summed E-state index contributed by atoms with van der Waals surface area (Å²) < 4.78 is 25.2. The Morgan fingerprint density at radius 1 is 1.12 bits per heavy atom. The lowest BCUT2D eigenvalue weighted by Gasteiger charge is -2.17. The fourth-order valence-corrected chi connectivity index (χ4v) is 4.56. The Bertz CT molecular complexity index is 957. The predicted molar refractivity (Wildman–Crippen MR) is 106 cm³/mol. The molecule has 3 rings (SSSR count). The third kappa shape index (κ3) is 4.38. The molecule has 1 N–H and O–H groups in total. The molecule has 0 spiro atoms. The van der Waals surface area contributed by atoms with Gasteiger partial charge in [0, 0.05) is 28.4 Å². The van der Waals surface area contributed by atoms with Gasteiger partial charge in [0.05, 0.1) is 11.4 Å². The third-order valence-electron chi connectivity index (χ3n) is 3.89. The van der Waals surface area contributed by atoms with E-state index in [1.165, 1.54) is 10.4 Å². The van der Waals surface area contributed by atoms with Gasteiger partial charge in [-0.2, -0.15) is 0 Å². The van der Waals surface area contributed by atoms with Gasteiger partial charge < -0.3 is 5.32 Å². The van der Waals surface area contributed by atoms with Crippen molar-refractivity contribution >= 4 is 56.6 Å². The molecule has 1 saturated heterocycles. The summed E-state index contributed by atoms with van der Waals surface area (Å²) in [6.45, 7) is 0.483. The molecule has 26 heavy (non-hydrogen) atoms. The highest BCUT2D eigenvalue weighted by Gasteiger charge is 2.28. The molecule has 0 bridgehead atoms. The summed E-state index contributed by atoms with van der Waals surface area (Å²) in [5, 5.41) is 3.74. The highest BCUT2D eigenvalue weighted by molar-refractivity contribution is 7.93. The molecule has 1 amide bonds. The summed E-state index contributed by atoms with van der Waals surface area (Å²) in [7, 11) is -3.21. The number of halogens is 2. The van der Waals surface area contributed by atoms with Crippen LogP contribution in [-0.4, -0.2) is 26.6 Å². The average Bonchev–Trinajstić information content (AvgIpc) is 2.95. The zero-order chi connectivity index (χ0) is 18.7. The van der Waals surface area contributed by atoms with Crippen LogP contribution < -0.4 is 9.62 Å². The van der Waals surface area contributed by atoms with Crippen LogP contribution in [0.4, 0.5) is 11.4 Å². The van der Waals surface area contributed by atoms with Crippen LogP contribution in [0, 0.1) is 0 Å². The van der Waals surface area contributed by atoms with Crippen LogP contribution in [0.15, 0.2) is 48.5 Å². The zero-order valence-electron chi connectivity index (χ0n) is 13.7. The number of amides is 1. The first-order valence-electron chi connectivity index (χ1n) is 7.90. The SMILES string of the molecule is O=C(/C=C/c1cc(Cl)ccc1Cl)Nc1ccc(N2CCCS2(=O)=O)cc1. The van der Waals surface area contributed by atoms with E-state index in [9.17, 15) is 13.2 Å². The number of nitrogens with one attached hydrogen (secondary N) is 1. The fraction of sp³-hybridized carbons (Fsp3) is 0.167. The van der Waals surface area contributed by atoms with Gasteiger partial charge in [0.25, 0.3) is 0 Å². The lowest BCUT2D eigenvalue weighted by atomic mass is 10.2. The lowest BCUT2D eigenvalue weighted by molar-refractivity contribution is -0.111. The highest BCUT2D eigenvalue weighted by atomic mass is 35.5. The minimum absolute atomic E-state index is 0.169. The molecular weight excluding hydrogens is 395 g/mol. The maximum atomic E-state index is 12.0. The van der Waals surface area contributed by atoms with Crippen LogP contribution in [-0.2, 0) is 14.8 Å². The monoisotopic (exact) mass is 410 g/mol. The number of anilines is 2. The number of benzene rings is 2. The van der Waals surface area contributed by atoms with E-state index in [1.54, 1.807) is 48.5 Å². The van der Waals surface area contributed by atoms with Gasteiger partial charge in [-0.3, -0.25) is 9.10 Å². The summed E-state index contributed by atoms with van der Waals surface area (Å²) in [5.41, 5.74) is 1.81. The Kier molecular flexibility index (Phi) is 5.55. The molecular formula is C18H16Cl2N2O3S. The molecule has 2 aromatic carbocycles. The number of hydrogen-bond donors (Lipinski definition) is 1. The zero-order valence-corrected chi connectivity index (χ0v) is 16.0. The van der Waals surface area contributed by atoms with E-state index in [1.807, 2.05) is 0 Å². The summed E-state index contributed by atoms with van der Waals surface area (Å²) >= 11 is 12.0. The number of rotatable bonds is 4. The van der Waals surface area contributed by atoms with Crippen molar-refractivity contribution < 1.29 is 13.2 Å². The van der Waals surface area contributed by atoms with E-state index in [0.29, 0.717) is 39.9 Å². The molecule has 0 aromatic heterocycles.